The van der Waals surface area contributed by atoms with E-state index in [1.807, 2.05) is 25.2 Å². The molecule has 0 aliphatic carbocycles. The molecule has 1 aliphatic rings. The van der Waals surface area contributed by atoms with Crippen LogP contribution < -0.4 is 9.47 Å². The smallest absolute Gasteiger partial charge is 0.231 e. The summed E-state index contributed by atoms with van der Waals surface area (Å²) < 4.78 is 10.6. The van der Waals surface area contributed by atoms with Crippen molar-refractivity contribution in [3.8, 4) is 11.5 Å². The van der Waals surface area contributed by atoms with Gasteiger partial charge in [-0.2, -0.15) is 0 Å². The zero-order chi connectivity index (χ0) is 11.5. The Hall–Kier alpha value is -1.19. The predicted octanol–water partition coefficient (Wildman–Crippen LogP) is 2.60. The van der Waals surface area contributed by atoms with Crippen molar-refractivity contribution < 1.29 is 9.47 Å². The summed E-state index contributed by atoms with van der Waals surface area (Å²) in [6.07, 6.45) is 0. The minimum absolute atomic E-state index is 0.313. The SMILES string of the molecule is C=C(Cl)CN(C)Cc1ccc2c(c1)OCO2. The van der Waals surface area contributed by atoms with Crippen LogP contribution in [0.15, 0.2) is 29.8 Å². The van der Waals surface area contributed by atoms with Crippen molar-refractivity contribution in [1.29, 1.82) is 0 Å². The number of rotatable bonds is 4. The van der Waals surface area contributed by atoms with Crippen molar-refractivity contribution in [1.82, 2.24) is 4.90 Å². The Balaban J connectivity index is 2.02. The van der Waals surface area contributed by atoms with Crippen molar-refractivity contribution >= 4 is 11.6 Å². The monoisotopic (exact) mass is 239 g/mol. The van der Waals surface area contributed by atoms with Gasteiger partial charge in [-0.25, -0.2) is 0 Å². The Morgan fingerprint density at radius 3 is 2.94 bits per heavy atom. The molecule has 0 bridgehead atoms. The summed E-state index contributed by atoms with van der Waals surface area (Å²) in [7, 11) is 2.00. The van der Waals surface area contributed by atoms with Crippen molar-refractivity contribution in [2.45, 2.75) is 6.54 Å². The van der Waals surface area contributed by atoms with E-state index in [-0.39, 0.29) is 0 Å². The van der Waals surface area contributed by atoms with Gasteiger partial charge in [0.15, 0.2) is 11.5 Å². The third-order valence-electron chi connectivity index (χ3n) is 2.33. The lowest BCUT2D eigenvalue weighted by Crippen LogP contribution is -2.18. The number of likely N-dealkylation sites (N-methyl/N-ethyl adjacent to an activating group) is 1. The highest BCUT2D eigenvalue weighted by atomic mass is 35.5. The summed E-state index contributed by atoms with van der Waals surface area (Å²) in [5.41, 5.74) is 1.17. The maximum atomic E-state index is 5.75. The lowest BCUT2D eigenvalue weighted by atomic mass is 10.2. The van der Waals surface area contributed by atoms with Gasteiger partial charge >= 0.3 is 0 Å². The van der Waals surface area contributed by atoms with Crippen LogP contribution in [-0.2, 0) is 6.54 Å². The van der Waals surface area contributed by atoms with E-state index < -0.39 is 0 Å². The molecule has 4 heteroatoms. The number of benzene rings is 1. The molecule has 0 fully saturated rings. The van der Waals surface area contributed by atoms with Crippen LogP contribution in [0.2, 0.25) is 0 Å². The molecule has 3 nitrogen and oxygen atoms in total. The second-order valence-corrected chi connectivity index (χ2v) is 4.41. The molecule has 0 unspecified atom stereocenters. The van der Waals surface area contributed by atoms with Crippen LogP contribution in [0.4, 0.5) is 0 Å². The second kappa shape index (κ2) is 4.76. The van der Waals surface area contributed by atoms with Crippen LogP contribution in [0.25, 0.3) is 0 Å². The van der Waals surface area contributed by atoms with Crippen molar-refractivity contribution in [2.75, 3.05) is 20.4 Å². The third-order valence-corrected chi connectivity index (χ3v) is 2.45. The average Bonchev–Trinajstić information content (AvgIpc) is 2.63. The van der Waals surface area contributed by atoms with E-state index in [0.29, 0.717) is 18.4 Å². The van der Waals surface area contributed by atoms with E-state index in [9.17, 15) is 0 Å². The van der Waals surface area contributed by atoms with Gasteiger partial charge in [-0.05, 0) is 24.7 Å². The number of fused-ring (bicyclic) bond motifs is 1. The number of nitrogens with zero attached hydrogens (tertiary/aromatic N) is 1. The normalized spacial score (nSPS) is 13.2. The van der Waals surface area contributed by atoms with Gasteiger partial charge in [0.25, 0.3) is 0 Å². The van der Waals surface area contributed by atoms with E-state index in [2.05, 4.69) is 11.5 Å². The Morgan fingerprint density at radius 1 is 1.44 bits per heavy atom. The van der Waals surface area contributed by atoms with Crippen molar-refractivity contribution in [2.24, 2.45) is 0 Å². The fourth-order valence-corrected chi connectivity index (χ4v) is 1.90. The molecule has 0 atom stereocenters. The van der Waals surface area contributed by atoms with Gasteiger partial charge < -0.3 is 9.47 Å². The fraction of sp³-hybridized carbons (Fsp3) is 0.333. The standard InChI is InChI=1S/C12H14ClNO2/c1-9(13)6-14(2)7-10-3-4-11-12(5-10)16-8-15-11/h3-5H,1,6-8H2,2H3. The van der Waals surface area contributed by atoms with E-state index >= 15 is 0 Å². The molecule has 0 aromatic heterocycles. The molecule has 16 heavy (non-hydrogen) atoms. The van der Waals surface area contributed by atoms with Gasteiger partial charge in [0, 0.05) is 18.1 Å². The van der Waals surface area contributed by atoms with Gasteiger partial charge in [-0.1, -0.05) is 24.2 Å². The molecular weight excluding hydrogens is 226 g/mol. The molecule has 0 radical (unpaired) electrons. The molecule has 2 rings (SSSR count). The quantitative estimate of drug-likeness (QED) is 0.806. The first-order valence-electron chi connectivity index (χ1n) is 5.05. The molecule has 1 heterocycles. The molecule has 1 aromatic rings. The van der Waals surface area contributed by atoms with E-state index in [4.69, 9.17) is 21.1 Å². The first-order valence-corrected chi connectivity index (χ1v) is 5.43. The minimum Gasteiger partial charge on any atom is -0.454 e. The number of hydrogen-bond acceptors (Lipinski definition) is 3. The van der Waals surface area contributed by atoms with Crippen LogP contribution in [-0.4, -0.2) is 25.3 Å². The van der Waals surface area contributed by atoms with Gasteiger partial charge in [-0.15, -0.1) is 0 Å². The Labute approximate surface area is 100 Å². The third kappa shape index (κ3) is 2.68. The zero-order valence-corrected chi connectivity index (χ0v) is 9.96. The van der Waals surface area contributed by atoms with Crippen LogP contribution in [0.1, 0.15) is 5.56 Å². The van der Waals surface area contributed by atoms with Crippen molar-refractivity contribution in [3.05, 3.63) is 35.4 Å². The highest BCUT2D eigenvalue weighted by Crippen LogP contribution is 2.32. The average molecular weight is 240 g/mol. The summed E-state index contributed by atoms with van der Waals surface area (Å²) in [6.45, 7) is 5.47. The fourth-order valence-electron chi connectivity index (χ4n) is 1.70. The molecule has 0 saturated heterocycles. The van der Waals surface area contributed by atoms with Crippen LogP contribution in [0.3, 0.4) is 0 Å². The highest BCUT2D eigenvalue weighted by Gasteiger charge is 2.13. The van der Waals surface area contributed by atoms with E-state index in [1.165, 1.54) is 5.56 Å². The summed E-state index contributed by atoms with van der Waals surface area (Å²) in [5.74, 6) is 1.63. The lowest BCUT2D eigenvalue weighted by Gasteiger charge is -2.15. The largest absolute Gasteiger partial charge is 0.454 e. The molecule has 0 amide bonds. The molecule has 0 N–H and O–H groups in total. The Bertz CT molecular complexity index is 406. The molecule has 1 aliphatic heterocycles. The number of hydrogen-bond donors (Lipinski definition) is 0. The van der Waals surface area contributed by atoms with Crippen LogP contribution in [0, 0.1) is 0 Å². The maximum absolute atomic E-state index is 5.75. The first kappa shape index (κ1) is 11.3. The summed E-state index contributed by atoms with van der Waals surface area (Å²) in [5, 5.41) is 0.642. The summed E-state index contributed by atoms with van der Waals surface area (Å²) in [4.78, 5) is 2.09. The minimum atomic E-state index is 0.313. The highest BCUT2D eigenvalue weighted by molar-refractivity contribution is 6.29. The summed E-state index contributed by atoms with van der Waals surface area (Å²) in [6, 6.07) is 5.96. The molecular formula is C12H14ClNO2. The Morgan fingerprint density at radius 2 is 2.19 bits per heavy atom. The van der Waals surface area contributed by atoms with Gasteiger partial charge in [-0.3, -0.25) is 4.90 Å². The van der Waals surface area contributed by atoms with E-state index in [1.54, 1.807) is 0 Å². The summed E-state index contributed by atoms with van der Waals surface area (Å²) >= 11 is 5.75. The Kier molecular flexibility index (Phi) is 3.36. The van der Waals surface area contributed by atoms with Gasteiger partial charge in [0.2, 0.25) is 6.79 Å². The maximum Gasteiger partial charge on any atom is 0.231 e. The number of halogens is 1. The van der Waals surface area contributed by atoms with Crippen LogP contribution in [0.5, 0.6) is 11.5 Å². The van der Waals surface area contributed by atoms with Crippen molar-refractivity contribution in [3.63, 3.8) is 0 Å². The lowest BCUT2D eigenvalue weighted by molar-refractivity contribution is 0.174. The van der Waals surface area contributed by atoms with Gasteiger partial charge in [0.1, 0.15) is 0 Å². The predicted molar refractivity (Wildman–Crippen MR) is 63.9 cm³/mol. The van der Waals surface area contributed by atoms with E-state index in [0.717, 1.165) is 18.0 Å². The molecule has 1 aromatic carbocycles. The zero-order valence-electron chi connectivity index (χ0n) is 9.20. The first-order chi connectivity index (χ1) is 7.65. The van der Waals surface area contributed by atoms with Gasteiger partial charge in [0.05, 0.1) is 0 Å². The molecule has 0 saturated carbocycles. The topological polar surface area (TPSA) is 21.7 Å². The molecule has 0 spiro atoms. The molecule has 86 valence electrons. The second-order valence-electron chi connectivity index (χ2n) is 3.88. The number of ether oxygens (including phenoxy) is 2. The van der Waals surface area contributed by atoms with Crippen LogP contribution >= 0.6 is 11.6 Å².